The Morgan fingerprint density at radius 1 is 1.30 bits per heavy atom. The second-order valence-corrected chi connectivity index (χ2v) is 6.44. The van der Waals surface area contributed by atoms with Crippen LogP contribution in [-0.2, 0) is 0 Å². The summed E-state index contributed by atoms with van der Waals surface area (Å²) in [6.07, 6.45) is 4.94. The van der Waals surface area contributed by atoms with E-state index in [0.29, 0.717) is 6.04 Å². The van der Waals surface area contributed by atoms with Crippen molar-refractivity contribution in [3.05, 3.63) is 34.9 Å². The Kier molecular flexibility index (Phi) is 5.88. The van der Waals surface area contributed by atoms with Gasteiger partial charge < -0.3 is 5.73 Å². The van der Waals surface area contributed by atoms with Crippen molar-refractivity contribution in [2.45, 2.75) is 51.6 Å². The minimum absolute atomic E-state index is 0.191. The lowest BCUT2D eigenvalue weighted by Crippen LogP contribution is -2.39. The van der Waals surface area contributed by atoms with E-state index in [4.69, 9.17) is 17.3 Å². The molecule has 2 N–H and O–H groups in total. The van der Waals surface area contributed by atoms with E-state index in [2.05, 4.69) is 30.9 Å². The van der Waals surface area contributed by atoms with Crippen molar-refractivity contribution in [2.75, 3.05) is 13.1 Å². The van der Waals surface area contributed by atoms with Crippen LogP contribution in [0.3, 0.4) is 0 Å². The molecule has 1 aliphatic heterocycles. The number of nitrogens with zero attached hydrogens (tertiary/aromatic N) is 1. The van der Waals surface area contributed by atoms with Gasteiger partial charge >= 0.3 is 0 Å². The van der Waals surface area contributed by atoms with Crippen molar-refractivity contribution in [1.29, 1.82) is 0 Å². The van der Waals surface area contributed by atoms with Crippen LogP contribution in [0.1, 0.15) is 51.1 Å². The first-order valence-electron chi connectivity index (χ1n) is 7.90. The molecule has 0 bridgehead atoms. The number of halogens is 1. The molecule has 1 fully saturated rings. The third-order valence-corrected chi connectivity index (χ3v) is 4.75. The molecule has 1 heterocycles. The van der Waals surface area contributed by atoms with E-state index in [9.17, 15) is 0 Å². The summed E-state index contributed by atoms with van der Waals surface area (Å²) in [6.45, 7) is 6.81. The van der Waals surface area contributed by atoms with Crippen LogP contribution in [0, 0.1) is 5.92 Å². The van der Waals surface area contributed by atoms with Gasteiger partial charge in [0.2, 0.25) is 0 Å². The summed E-state index contributed by atoms with van der Waals surface area (Å²) in [5.41, 5.74) is 7.72. The monoisotopic (exact) mass is 294 g/mol. The molecule has 3 unspecified atom stereocenters. The maximum Gasteiger partial charge on any atom is 0.0499 e. The van der Waals surface area contributed by atoms with Gasteiger partial charge in [0.1, 0.15) is 0 Å². The molecule has 2 rings (SSSR count). The zero-order chi connectivity index (χ0) is 14.5. The van der Waals surface area contributed by atoms with Crippen LogP contribution < -0.4 is 5.73 Å². The average molecular weight is 295 g/mol. The fraction of sp³-hybridized carbons (Fsp3) is 0.647. The van der Waals surface area contributed by atoms with Gasteiger partial charge in [0.25, 0.3) is 0 Å². The standard InChI is InChI=1S/C17H27ClN2/c1-3-5-13-10-11-20(12-13)17(16(19)4-2)14-6-8-15(18)9-7-14/h6-9,13,16-17H,3-5,10-12,19H2,1-2H3. The molecule has 3 heteroatoms. The number of likely N-dealkylation sites (tertiary alicyclic amines) is 1. The zero-order valence-electron chi connectivity index (χ0n) is 12.7. The lowest BCUT2D eigenvalue weighted by atomic mass is 9.96. The van der Waals surface area contributed by atoms with E-state index in [1.54, 1.807) is 0 Å². The molecule has 1 saturated heterocycles. The maximum absolute atomic E-state index is 6.41. The van der Waals surface area contributed by atoms with Crippen molar-refractivity contribution < 1.29 is 0 Å². The third-order valence-electron chi connectivity index (χ3n) is 4.50. The van der Waals surface area contributed by atoms with Gasteiger partial charge in [-0.2, -0.15) is 0 Å². The first-order chi connectivity index (χ1) is 9.65. The second-order valence-electron chi connectivity index (χ2n) is 6.01. The van der Waals surface area contributed by atoms with E-state index in [1.807, 2.05) is 12.1 Å². The second kappa shape index (κ2) is 7.44. The van der Waals surface area contributed by atoms with E-state index in [-0.39, 0.29) is 6.04 Å². The van der Waals surface area contributed by atoms with Gasteiger partial charge in [0, 0.05) is 23.7 Å². The van der Waals surface area contributed by atoms with Crippen LogP contribution in [0.2, 0.25) is 5.02 Å². The normalized spacial score (nSPS) is 22.9. The Hall–Kier alpha value is -0.570. The van der Waals surface area contributed by atoms with E-state index < -0.39 is 0 Å². The van der Waals surface area contributed by atoms with E-state index >= 15 is 0 Å². The molecule has 0 saturated carbocycles. The topological polar surface area (TPSA) is 29.3 Å². The molecule has 0 amide bonds. The Morgan fingerprint density at radius 2 is 2.00 bits per heavy atom. The van der Waals surface area contributed by atoms with E-state index in [1.165, 1.54) is 37.9 Å². The number of nitrogens with two attached hydrogens (primary N) is 1. The number of hydrogen-bond donors (Lipinski definition) is 1. The quantitative estimate of drug-likeness (QED) is 0.850. The highest BCUT2D eigenvalue weighted by molar-refractivity contribution is 6.30. The Bertz CT molecular complexity index is 404. The summed E-state index contributed by atoms with van der Waals surface area (Å²) in [7, 11) is 0. The fourth-order valence-corrected chi connectivity index (χ4v) is 3.50. The van der Waals surface area contributed by atoms with Crippen LogP contribution in [0.4, 0.5) is 0 Å². The van der Waals surface area contributed by atoms with Gasteiger partial charge in [0.05, 0.1) is 0 Å². The summed E-state index contributed by atoms with van der Waals surface area (Å²) < 4.78 is 0. The fourth-order valence-electron chi connectivity index (χ4n) is 3.37. The van der Waals surface area contributed by atoms with Gasteiger partial charge in [-0.15, -0.1) is 0 Å². The van der Waals surface area contributed by atoms with Gasteiger partial charge in [-0.25, -0.2) is 0 Å². The SMILES string of the molecule is CCCC1CCN(C(c2ccc(Cl)cc2)C(N)CC)C1. The lowest BCUT2D eigenvalue weighted by molar-refractivity contribution is 0.201. The van der Waals surface area contributed by atoms with Crippen LogP contribution in [0.5, 0.6) is 0 Å². The predicted octanol–water partition coefficient (Wildman–Crippen LogP) is 4.24. The van der Waals surface area contributed by atoms with Crippen molar-refractivity contribution >= 4 is 11.6 Å². The van der Waals surface area contributed by atoms with Crippen molar-refractivity contribution in [1.82, 2.24) is 4.90 Å². The van der Waals surface area contributed by atoms with Crippen LogP contribution in [0.25, 0.3) is 0 Å². The van der Waals surface area contributed by atoms with Crippen LogP contribution >= 0.6 is 11.6 Å². The molecule has 1 aliphatic rings. The largest absolute Gasteiger partial charge is 0.326 e. The van der Waals surface area contributed by atoms with Crippen molar-refractivity contribution in [2.24, 2.45) is 11.7 Å². The van der Waals surface area contributed by atoms with Gasteiger partial charge in [-0.1, -0.05) is 44.0 Å². The summed E-state index contributed by atoms with van der Waals surface area (Å²) in [5, 5.41) is 0.794. The Morgan fingerprint density at radius 3 is 2.60 bits per heavy atom. The number of benzene rings is 1. The highest BCUT2D eigenvalue weighted by Gasteiger charge is 2.31. The molecule has 20 heavy (non-hydrogen) atoms. The first-order valence-corrected chi connectivity index (χ1v) is 8.28. The highest BCUT2D eigenvalue weighted by Crippen LogP contribution is 2.32. The molecule has 2 nitrogen and oxygen atoms in total. The number of hydrogen-bond acceptors (Lipinski definition) is 2. The summed E-state index contributed by atoms with van der Waals surface area (Å²) in [6, 6.07) is 8.75. The van der Waals surface area contributed by atoms with Gasteiger partial charge in [0.15, 0.2) is 0 Å². The molecular weight excluding hydrogens is 268 g/mol. The van der Waals surface area contributed by atoms with Gasteiger partial charge in [-0.05, 0) is 49.4 Å². The summed E-state index contributed by atoms with van der Waals surface area (Å²) in [4.78, 5) is 2.58. The Balaban J connectivity index is 2.14. The zero-order valence-corrected chi connectivity index (χ0v) is 13.4. The predicted molar refractivity (Wildman–Crippen MR) is 87.0 cm³/mol. The number of rotatable bonds is 6. The smallest absolute Gasteiger partial charge is 0.0499 e. The summed E-state index contributed by atoms with van der Waals surface area (Å²) >= 11 is 6.01. The molecule has 0 spiro atoms. The van der Waals surface area contributed by atoms with E-state index in [0.717, 1.165) is 17.4 Å². The highest BCUT2D eigenvalue weighted by atomic mass is 35.5. The average Bonchev–Trinajstić information content (AvgIpc) is 2.90. The molecule has 3 atom stereocenters. The molecule has 0 radical (unpaired) electrons. The first kappa shape index (κ1) is 15.8. The van der Waals surface area contributed by atoms with Crippen LogP contribution in [-0.4, -0.2) is 24.0 Å². The third kappa shape index (κ3) is 3.75. The van der Waals surface area contributed by atoms with Crippen molar-refractivity contribution in [3.8, 4) is 0 Å². The maximum atomic E-state index is 6.41. The molecule has 112 valence electrons. The Labute approximate surface area is 128 Å². The molecule has 1 aromatic rings. The molecular formula is C17H27ClN2. The van der Waals surface area contributed by atoms with Crippen molar-refractivity contribution in [3.63, 3.8) is 0 Å². The van der Waals surface area contributed by atoms with Gasteiger partial charge in [-0.3, -0.25) is 4.90 Å². The lowest BCUT2D eigenvalue weighted by Gasteiger charge is -2.33. The van der Waals surface area contributed by atoms with Crippen LogP contribution in [0.15, 0.2) is 24.3 Å². The molecule has 0 aromatic heterocycles. The minimum Gasteiger partial charge on any atom is -0.326 e. The summed E-state index contributed by atoms with van der Waals surface area (Å²) in [5.74, 6) is 0.846. The molecule has 0 aliphatic carbocycles. The minimum atomic E-state index is 0.191. The molecule has 1 aromatic carbocycles.